The summed E-state index contributed by atoms with van der Waals surface area (Å²) in [6.45, 7) is 16.6. The van der Waals surface area contributed by atoms with E-state index < -0.39 is 10.0 Å². The van der Waals surface area contributed by atoms with Crippen molar-refractivity contribution in [2.75, 3.05) is 31.9 Å². The minimum atomic E-state index is -3.17. The van der Waals surface area contributed by atoms with E-state index in [9.17, 15) is 8.42 Å². The van der Waals surface area contributed by atoms with Gasteiger partial charge in [0.25, 0.3) is 0 Å². The Morgan fingerprint density at radius 1 is 0.735 bits per heavy atom. The lowest BCUT2D eigenvalue weighted by Crippen LogP contribution is -2.50. The topological polar surface area (TPSA) is 46.2 Å². The number of quaternary nitrogens is 1. The van der Waals surface area contributed by atoms with Gasteiger partial charge < -0.3 is 4.48 Å². The molecule has 0 aromatic carbocycles. The highest BCUT2D eigenvalue weighted by Crippen LogP contribution is 2.14. The minimum absolute atomic E-state index is 0.00790. The average molecular weight is 502 g/mol. The second kappa shape index (κ2) is 21.9. The number of unbranched alkanes of at least 4 members (excludes halogenated alkanes) is 15. The third kappa shape index (κ3) is 18.9. The highest BCUT2D eigenvalue weighted by Gasteiger charge is 2.23. The van der Waals surface area contributed by atoms with Gasteiger partial charge in [0, 0.05) is 12.5 Å². The second-order valence-electron chi connectivity index (χ2n) is 10.6. The maximum atomic E-state index is 12.4. The molecule has 4 nitrogen and oxygen atoms in total. The van der Waals surface area contributed by atoms with Crippen molar-refractivity contribution in [1.82, 2.24) is 4.72 Å². The molecule has 0 aliphatic heterocycles. The van der Waals surface area contributed by atoms with Gasteiger partial charge in [0.15, 0.2) is 0 Å². The lowest BCUT2D eigenvalue weighted by atomic mass is 10.0. The van der Waals surface area contributed by atoms with Crippen LogP contribution >= 0.6 is 0 Å². The molecule has 0 rings (SSSR count). The summed E-state index contributed by atoms with van der Waals surface area (Å²) in [6, 6.07) is -0.00790. The first kappa shape index (κ1) is 33.6. The van der Waals surface area contributed by atoms with Gasteiger partial charge >= 0.3 is 0 Å². The second-order valence-corrected chi connectivity index (χ2v) is 12.5. The van der Waals surface area contributed by atoms with Crippen molar-refractivity contribution < 1.29 is 12.9 Å². The van der Waals surface area contributed by atoms with Crippen molar-refractivity contribution in [3.8, 4) is 0 Å². The molecule has 0 saturated heterocycles. The molecule has 0 fully saturated rings. The first-order valence-corrected chi connectivity index (χ1v) is 16.5. The van der Waals surface area contributed by atoms with Crippen molar-refractivity contribution in [2.45, 2.75) is 143 Å². The molecule has 1 atom stereocenters. The summed E-state index contributed by atoms with van der Waals surface area (Å²) in [5.74, 6) is 0.268. The lowest BCUT2D eigenvalue weighted by Gasteiger charge is -2.36. The Bertz CT molecular complexity index is 558. The molecule has 0 aromatic heterocycles. The highest BCUT2D eigenvalue weighted by molar-refractivity contribution is 7.89. The quantitative estimate of drug-likeness (QED) is 0.0741. The Labute approximate surface area is 215 Å². The molecule has 0 amide bonds. The largest absolute Gasteiger partial charge is 0.321 e. The van der Waals surface area contributed by atoms with E-state index in [0.29, 0.717) is 0 Å². The summed E-state index contributed by atoms with van der Waals surface area (Å²) < 4.78 is 28.8. The third-order valence-electron chi connectivity index (χ3n) is 7.54. The maximum absolute atomic E-state index is 12.4. The monoisotopic (exact) mass is 501 g/mol. The van der Waals surface area contributed by atoms with Crippen LogP contribution in [-0.2, 0) is 10.0 Å². The summed E-state index contributed by atoms with van der Waals surface area (Å²) in [4.78, 5) is 0. The molecule has 1 N–H and O–H groups in total. The normalized spacial score (nSPS) is 13.3. The van der Waals surface area contributed by atoms with E-state index in [1.165, 1.54) is 83.5 Å². The molecule has 0 aliphatic carbocycles. The fourth-order valence-corrected chi connectivity index (χ4v) is 6.33. The average Bonchev–Trinajstić information content (AvgIpc) is 2.81. The summed E-state index contributed by atoms with van der Waals surface area (Å²) in [7, 11) is -3.17. The first-order chi connectivity index (χ1) is 16.3. The maximum Gasteiger partial charge on any atom is 0.211 e. The van der Waals surface area contributed by atoms with Gasteiger partial charge in [-0.25, -0.2) is 13.1 Å². The molecular formula is C29H61N2O2S+. The molecule has 204 valence electrons. The van der Waals surface area contributed by atoms with E-state index in [0.717, 1.165) is 56.3 Å². The van der Waals surface area contributed by atoms with Gasteiger partial charge in [0.1, 0.15) is 0 Å². The number of likely N-dealkylation sites (N-methyl/N-ethyl adjacent to an activating group) is 1. The van der Waals surface area contributed by atoms with Crippen molar-refractivity contribution in [2.24, 2.45) is 0 Å². The van der Waals surface area contributed by atoms with Crippen molar-refractivity contribution in [3.63, 3.8) is 0 Å². The van der Waals surface area contributed by atoms with Crippen LogP contribution in [0.1, 0.15) is 137 Å². The number of hydrogen-bond acceptors (Lipinski definition) is 2. The Hall–Kier alpha value is -0.390. The molecule has 0 radical (unpaired) electrons. The van der Waals surface area contributed by atoms with Crippen molar-refractivity contribution >= 4 is 10.0 Å². The van der Waals surface area contributed by atoms with Crippen LogP contribution in [-0.4, -0.2) is 50.9 Å². The van der Waals surface area contributed by atoms with Crippen LogP contribution < -0.4 is 4.72 Å². The number of hydrogen-bond donors (Lipinski definition) is 1. The molecular weight excluding hydrogens is 440 g/mol. The Kier molecular flexibility index (Phi) is 21.6. The van der Waals surface area contributed by atoms with Crippen molar-refractivity contribution in [1.29, 1.82) is 0 Å². The molecule has 0 bridgehead atoms. The van der Waals surface area contributed by atoms with E-state index in [1.54, 1.807) is 0 Å². The minimum Gasteiger partial charge on any atom is -0.321 e. The van der Waals surface area contributed by atoms with Gasteiger partial charge in [-0.3, -0.25) is 0 Å². The van der Waals surface area contributed by atoms with Gasteiger partial charge in [0.2, 0.25) is 10.0 Å². The molecule has 34 heavy (non-hydrogen) atoms. The summed E-state index contributed by atoms with van der Waals surface area (Å²) >= 11 is 0. The molecule has 0 aliphatic rings. The zero-order valence-electron chi connectivity index (χ0n) is 23.6. The predicted molar refractivity (Wildman–Crippen MR) is 152 cm³/mol. The SMILES string of the molecule is C=CC[N+](CC)(CC)CCC(C)NS(=O)(=O)CCCCCCCCCCCCCCCCCC. The molecule has 0 saturated carbocycles. The van der Waals surface area contributed by atoms with Crippen LogP contribution in [0.3, 0.4) is 0 Å². The van der Waals surface area contributed by atoms with E-state index in [1.807, 2.05) is 13.0 Å². The fourth-order valence-electron chi connectivity index (χ4n) is 4.90. The van der Waals surface area contributed by atoms with E-state index in [-0.39, 0.29) is 11.8 Å². The van der Waals surface area contributed by atoms with Crippen molar-refractivity contribution in [3.05, 3.63) is 12.7 Å². The predicted octanol–water partition coefficient (Wildman–Crippen LogP) is 7.99. The summed E-state index contributed by atoms with van der Waals surface area (Å²) in [5.41, 5.74) is 0. The van der Waals surface area contributed by atoms with Gasteiger partial charge in [-0.1, -0.05) is 110 Å². The van der Waals surface area contributed by atoms with Crippen LogP contribution in [0, 0.1) is 0 Å². The van der Waals surface area contributed by atoms with Gasteiger partial charge in [-0.15, -0.1) is 0 Å². The molecule has 0 heterocycles. The van der Waals surface area contributed by atoms with Crippen LogP contribution in [0.15, 0.2) is 12.7 Å². The van der Waals surface area contributed by atoms with Crippen LogP contribution in [0.5, 0.6) is 0 Å². The molecule has 0 aromatic rings. The Balaban J connectivity index is 3.69. The lowest BCUT2D eigenvalue weighted by molar-refractivity contribution is -0.919. The van der Waals surface area contributed by atoms with Crippen LogP contribution in [0.25, 0.3) is 0 Å². The van der Waals surface area contributed by atoms with Crippen LogP contribution in [0.4, 0.5) is 0 Å². The fraction of sp³-hybridized carbons (Fsp3) is 0.931. The number of sulfonamides is 1. The number of nitrogens with zero attached hydrogens (tertiary/aromatic N) is 1. The Morgan fingerprint density at radius 3 is 1.53 bits per heavy atom. The molecule has 1 unspecified atom stereocenters. The van der Waals surface area contributed by atoms with E-state index >= 15 is 0 Å². The zero-order valence-corrected chi connectivity index (χ0v) is 24.4. The van der Waals surface area contributed by atoms with E-state index in [2.05, 4.69) is 32.1 Å². The zero-order chi connectivity index (χ0) is 25.5. The van der Waals surface area contributed by atoms with Gasteiger partial charge in [0.05, 0.1) is 31.9 Å². The summed E-state index contributed by atoms with van der Waals surface area (Å²) in [5, 5.41) is 0. The molecule has 5 heteroatoms. The first-order valence-electron chi connectivity index (χ1n) is 14.8. The number of nitrogens with one attached hydrogen (secondary N) is 1. The Morgan fingerprint density at radius 2 is 1.15 bits per heavy atom. The standard InChI is InChI=1S/C29H61N2O2S/c1-6-10-11-12-13-14-15-16-17-18-19-20-21-22-23-24-28-34(32,33)30-29(5)25-27-31(8-3,9-4)26-7-2/h7,29-30H,2,6,8-28H2,1,3-5H3/q+1. The third-order valence-corrected chi connectivity index (χ3v) is 9.13. The highest BCUT2D eigenvalue weighted by atomic mass is 32.2. The van der Waals surface area contributed by atoms with Gasteiger partial charge in [-0.05, 0) is 33.3 Å². The van der Waals surface area contributed by atoms with E-state index in [4.69, 9.17) is 0 Å². The number of rotatable bonds is 26. The van der Waals surface area contributed by atoms with Gasteiger partial charge in [-0.2, -0.15) is 0 Å². The van der Waals surface area contributed by atoms with Crippen LogP contribution in [0.2, 0.25) is 0 Å². The smallest absolute Gasteiger partial charge is 0.211 e. The molecule has 0 spiro atoms. The summed E-state index contributed by atoms with van der Waals surface area (Å²) in [6.07, 6.45) is 23.7.